The molecular weight excluding hydrogens is 441 g/mol. The summed E-state index contributed by atoms with van der Waals surface area (Å²) in [5.74, 6) is -0.288. The Bertz CT molecular complexity index is 1160. The summed E-state index contributed by atoms with van der Waals surface area (Å²) in [6.45, 7) is 5.19. The summed E-state index contributed by atoms with van der Waals surface area (Å²) < 4.78 is 40.5. The van der Waals surface area contributed by atoms with E-state index in [0.29, 0.717) is 42.3 Å². The standard InChI is InChI=1S/C22H21F3N4O2S/c1-14-6-7-19(32-14)21(31)28-10-8-27(9-11-28)20(30)18-13-26-29(15(18)2)17-5-3-4-16(12-17)22(23,24)25/h3-7,12-13H,8-11H2,1-2H3. The third kappa shape index (κ3) is 4.27. The van der Waals surface area contributed by atoms with Crippen LogP contribution in [0.3, 0.4) is 0 Å². The van der Waals surface area contributed by atoms with Crippen molar-refractivity contribution in [2.24, 2.45) is 0 Å². The molecule has 0 bridgehead atoms. The zero-order valence-corrected chi connectivity index (χ0v) is 18.3. The van der Waals surface area contributed by atoms with Crippen LogP contribution in [0.25, 0.3) is 5.69 Å². The number of aromatic nitrogens is 2. The van der Waals surface area contributed by atoms with E-state index in [9.17, 15) is 22.8 Å². The molecule has 4 rings (SSSR count). The highest BCUT2D eigenvalue weighted by molar-refractivity contribution is 7.13. The lowest BCUT2D eigenvalue weighted by atomic mass is 10.1. The molecule has 3 aromatic rings. The van der Waals surface area contributed by atoms with Crippen molar-refractivity contribution in [3.63, 3.8) is 0 Å². The van der Waals surface area contributed by atoms with Gasteiger partial charge in [-0.25, -0.2) is 4.68 Å². The number of carbonyl (C=O) groups excluding carboxylic acids is 2. The summed E-state index contributed by atoms with van der Waals surface area (Å²) in [5, 5.41) is 4.15. The van der Waals surface area contributed by atoms with Crippen LogP contribution in [0.4, 0.5) is 13.2 Å². The van der Waals surface area contributed by atoms with Crippen LogP contribution in [0.5, 0.6) is 0 Å². The molecule has 0 unspecified atom stereocenters. The lowest BCUT2D eigenvalue weighted by Gasteiger charge is -2.34. The topological polar surface area (TPSA) is 58.4 Å². The van der Waals surface area contributed by atoms with Gasteiger partial charge in [-0.3, -0.25) is 9.59 Å². The first kappa shape index (κ1) is 22.1. The van der Waals surface area contributed by atoms with Gasteiger partial charge >= 0.3 is 6.18 Å². The van der Waals surface area contributed by atoms with Crippen molar-refractivity contribution in [2.75, 3.05) is 26.2 Å². The normalized spacial score (nSPS) is 14.7. The van der Waals surface area contributed by atoms with Gasteiger partial charge in [0, 0.05) is 31.1 Å². The molecular formula is C22H21F3N4O2S. The number of piperazine rings is 1. The van der Waals surface area contributed by atoms with E-state index in [1.54, 1.807) is 16.7 Å². The van der Waals surface area contributed by atoms with Gasteiger partial charge in [-0.15, -0.1) is 11.3 Å². The van der Waals surface area contributed by atoms with E-state index in [0.717, 1.165) is 17.0 Å². The van der Waals surface area contributed by atoms with E-state index >= 15 is 0 Å². The maximum Gasteiger partial charge on any atom is 0.416 e. The number of rotatable bonds is 3. The highest BCUT2D eigenvalue weighted by atomic mass is 32.1. The molecule has 0 saturated carbocycles. The van der Waals surface area contributed by atoms with Crippen LogP contribution in [0, 0.1) is 13.8 Å². The number of hydrogen-bond donors (Lipinski definition) is 0. The van der Waals surface area contributed by atoms with Crippen LogP contribution in [-0.4, -0.2) is 57.6 Å². The van der Waals surface area contributed by atoms with E-state index in [2.05, 4.69) is 5.10 Å². The Balaban J connectivity index is 1.46. The summed E-state index contributed by atoms with van der Waals surface area (Å²) in [6, 6.07) is 8.54. The largest absolute Gasteiger partial charge is 0.416 e. The minimum atomic E-state index is -4.46. The minimum absolute atomic E-state index is 0.0382. The molecule has 3 heterocycles. The molecule has 2 aromatic heterocycles. The fourth-order valence-electron chi connectivity index (χ4n) is 3.68. The SMILES string of the molecule is Cc1ccc(C(=O)N2CCN(C(=O)c3cnn(-c4cccc(C(F)(F)F)c4)c3C)CC2)s1. The van der Waals surface area contributed by atoms with Crippen LogP contribution in [0.1, 0.15) is 36.2 Å². The molecule has 1 aliphatic rings. The van der Waals surface area contributed by atoms with Crippen molar-refractivity contribution in [3.8, 4) is 5.69 Å². The molecule has 168 valence electrons. The number of amides is 2. The summed E-state index contributed by atoms with van der Waals surface area (Å²) in [4.78, 5) is 30.8. The van der Waals surface area contributed by atoms with Crippen molar-refractivity contribution in [1.82, 2.24) is 19.6 Å². The zero-order chi connectivity index (χ0) is 23.0. The third-order valence-electron chi connectivity index (χ3n) is 5.46. The zero-order valence-electron chi connectivity index (χ0n) is 17.5. The predicted octanol–water partition coefficient (Wildman–Crippen LogP) is 4.17. The van der Waals surface area contributed by atoms with Crippen LogP contribution < -0.4 is 0 Å². The van der Waals surface area contributed by atoms with E-state index in [1.165, 1.54) is 34.3 Å². The first-order valence-electron chi connectivity index (χ1n) is 10.0. The van der Waals surface area contributed by atoms with Gasteiger partial charge < -0.3 is 9.80 Å². The third-order valence-corrected chi connectivity index (χ3v) is 6.45. The molecule has 32 heavy (non-hydrogen) atoms. The van der Waals surface area contributed by atoms with Gasteiger partial charge in [0.05, 0.1) is 33.6 Å². The summed E-state index contributed by atoms with van der Waals surface area (Å²) in [7, 11) is 0. The van der Waals surface area contributed by atoms with Crippen molar-refractivity contribution in [2.45, 2.75) is 20.0 Å². The lowest BCUT2D eigenvalue weighted by Crippen LogP contribution is -2.50. The first-order chi connectivity index (χ1) is 15.1. The van der Waals surface area contributed by atoms with Crippen molar-refractivity contribution in [1.29, 1.82) is 0 Å². The van der Waals surface area contributed by atoms with Crippen molar-refractivity contribution in [3.05, 3.63) is 69.2 Å². The van der Waals surface area contributed by atoms with E-state index in [1.807, 2.05) is 19.1 Å². The van der Waals surface area contributed by atoms with Crippen molar-refractivity contribution >= 4 is 23.2 Å². The van der Waals surface area contributed by atoms with Gasteiger partial charge in [-0.05, 0) is 44.2 Å². The smallest absolute Gasteiger partial charge is 0.335 e. The van der Waals surface area contributed by atoms with Crippen molar-refractivity contribution < 1.29 is 22.8 Å². The number of alkyl halides is 3. The average molecular weight is 462 g/mol. The van der Waals surface area contributed by atoms with Gasteiger partial charge in [0.1, 0.15) is 0 Å². The number of thiophene rings is 1. The fraction of sp³-hybridized carbons (Fsp3) is 0.318. The lowest BCUT2D eigenvalue weighted by molar-refractivity contribution is -0.137. The van der Waals surface area contributed by atoms with Crippen LogP contribution in [0.2, 0.25) is 0 Å². The number of aryl methyl sites for hydroxylation is 1. The second kappa shape index (κ2) is 8.42. The Morgan fingerprint density at radius 3 is 2.22 bits per heavy atom. The van der Waals surface area contributed by atoms with Gasteiger partial charge in [-0.2, -0.15) is 18.3 Å². The number of benzene rings is 1. The summed E-state index contributed by atoms with van der Waals surface area (Å²) in [5.41, 5.74) is 0.246. The Labute approximate surface area is 186 Å². The van der Waals surface area contributed by atoms with Gasteiger partial charge in [0.2, 0.25) is 0 Å². The maximum absolute atomic E-state index is 13.0. The molecule has 0 N–H and O–H groups in total. The molecule has 0 aliphatic carbocycles. The van der Waals surface area contributed by atoms with Gasteiger partial charge in [0.25, 0.3) is 11.8 Å². The molecule has 1 fully saturated rings. The number of hydrogen-bond acceptors (Lipinski definition) is 4. The Morgan fingerprint density at radius 2 is 1.62 bits per heavy atom. The molecule has 2 amide bonds. The molecule has 1 aliphatic heterocycles. The van der Waals surface area contributed by atoms with E-state index in [-0.39, 0.29) is 17.5 Å². The molecule has 1 saturated heterocycles. The van der Waals surface area contributed by atoms with Crippen LogP contribution in [-0.2, 0) is 6.18 Å². The number of halogens is 3. The Hall–Kier alpha value is -3.14. The van der Waals surface area contributed by atoms with Gasteiger partial charge in [0.15, 0.2) is 0 Å². The predicted molar refractivity (Wildman–Crippen MR) is 114 cm³/mol. The molecule has 0 atom stereocenters. The maximum atomic E-state index is 13.0. The van der Waals surface area contributed by atoms with E-state index < -0.39 is 11.7 Å². The second-order valence-corrected chi connectivity index (χ2v) is 8.89. The molecule has 0 spiro atoms. The van der Waals surface area contributed by atoms with Crippen LogP contribution in [0.15, 0.2) is 42.6 Å². The Morgan fingerprint density at radius 1 is 0.969 bits per heavy atom. The first-order valence-corrected chi connectivity index (χ1v) is 10.8. The molecule has 10 heteroatoms. The highest BCUT2D eigenvalue weighted by Crippen LogP contribution is 2.30. The second-order valence-electron chi connectivity index (χ2n) is 7.60. The van der Waals surface area contributed by atoms with Gasteiger partial charge in [-0.1, -0.05) is 6.07 Å². The quantitative estimate of drug-likeness (QED) is 0.587. The molecule has 6 nitrogen and oxygen atoms in total. The monoisotopic (exact) mass is 462 g/mol. The minimum Gasteiger partial charge on any atom is -0.335 e. The molecule has 0 radical (unpaired) electrons. The Kier molecular flexibility index (Phi) is 5.81. The number of carbonyl (C=O) groups is 2. The average Bonchev–Trinajstić information content (AvgIpc) is 3.38. The summed E-state index contributed by atoms with van der Waals surface area (Å²) >= 11 is 1.45. The van der Waals surface area contributed by atoms with E-state index in [4.69, 9.17) is 0 Å². The molecule has 1 aromatic carbocycles. The number of nitrogens with zero attached hydrogens (tertiary/aromatic N) is 4. The fourth-order valence-corrected chi connectivity index (χ4v) is 4.52. The summed E-state index contributed by atoms with van der Waals surface area (Å²) in [6.07, 6.45) is -3.08. The van der Waals surface area contributed by atoms with Crippen LogP contribution >= 0.6 is 11.3 Å². The highest BCUT2D eigenvalue weighted by Gasteiger charge is 2.31.